The summed E-state index contributed by atoms with van der Waals surface area (Å²) in [6, 6.07) is 7.69. The highest BCUT2D eigenvalue weighted by molar-refractivity contribution is 6.34. The van der Waals surface area contributed by atoms with Crippen LogP contribution in [0.5, 0.6) is 0 Å². The first-order valence-electron chi connectivity index (χ1n) is 6.36. The second-order valence-electron chi connectivity index (χ2n) is 4.52. The van der Waals surface area contributed by atoms with Gasteiger partial charge in [-0.1, -0.05) is 23.7 Å². The number of aryl methyl sites for hydroxylation is 1. The van der Waals surface area contributed by atoms with Crippen LogP contribution in [-0.2, 0) is 4.74 Å². The fourth-order valence-corrected chi connectivity index (χ4v) is 2.62. The SMILES string of the molecule is CCOC(=O)c1c(C)cn2c1nc(Cl)c1ccccc12. The number of halogens is 1. The van der Waals surface area contributed by atoms with Crippen LogP contribution in [0.3, 0.4) is 0 Å². The summed E-state index contributed by atoms with van der Waals surface area (Å²) in [6.07, 6.45) is 1.88. The summed E-state index contributed by atoms with van der Waals surface area (Å²) in [4.78, 5) is 16.4. The summed E-state index contributed by atoms with van der Waals surface area (Å²) < 4.78 is 6.97. The van der Waals surface area contributed by atoms with Gasteiger partial charge in [0.15, 0.2) is 5.65 Å². The molecule has 0 amide bonds. The highest BCUT2D eigenvalue weighted by Gasteiger charge is 2.20. The van der Waals surface area contributed by atoms with Gasteiger partial charge in [-0.25, -0.2) is 9.78 Å². The van der Waals surface area contributed by atoms with Crippen molar-refractivity contribution in [2.75, 3.05) is 6.61 Å². The molecule has 2 heterocycles. The maximum Gasteiger partial charge on any atom is 0.342 e. The number of rotatable bonds is 2. The molecule has 20 heavy (non-hydrogen) atoms. The summed E-state index contributed by atoms with van der Waals surface area (Å²) in [5.41, 5.74) is 2.74. The number of esters is 1. The third-order valence-corrected chi connectivity index (χ3v) is 3.53. The molecule has 0 aliphatic heterocycles. The normalized spacial score (nSPS) is 11.2. The van der Waals surface area contributed by atoms with Gasteiger partial charge in [0.1, 0.15) is 10.7 Å². The Morgan fingerprint density at radius 3 is 2.90 bits per heavy atom. The van der Waals surface area contributed by atoms with E-state index < -0.39 is 0 Å². The molecule has 3 aromatic rings. The maximum atomic E-state index is 12.1. The Morgan fingerprint density at radius 1 is 1.40 bits per heavy atom. The molecule has 1 aromatic carbocycles. The van der Waals surface area contributed by atoms with Gasteiger partial charge >= 0.3 is 5.97 Å². The monoisotopic (exact) mass is 288 g/mol. The zero-order valence-corrected chi connectivity index (χ0v) is 11.9. The lowest BCUT2D eigenvalue weighted by Gasteiger charge is -2.05. The minimum absolute atomic E-state index is 0.330. The van der Waals surface area contributed by atoms with Gasteiger partial charge in [-0.3, -0.25) is 0 Å². The number of hydrogen-bond acceptors (Lipinski definition) is 3. The topological polar surface area (TPSA) is 43.6 Å². The van der Waals surface area contributed by atoms with Gasteiger partial charge in [-0.15, -0.1) is 0 Å². The van der Waals surface area contributed by atoms with E-state index in [-0.39, 0.29) is 5.97 Å². The van der Waals surface area contributed by atoms with Gasteiger partial charge in [-0.05, 0) is 31.5 Å². The fraction of sp³-hybridized carbons (Fsp3) is 0.200. The number of fused-ring (bicyclic) bond motifs is 3. The summed E-state index contributed by atoms with van der Waals surface area (Å²) in [5, 5.41) is 1.24. The molecule has 0 saturated carbocycles. The lowest BCUT2D eigenvalue weighted by atomic mass is 10.2. The third kappa shape index (κ3) is 1.84. The highest BCUT2D eigenvalue weighted by atomic mass is 35.5. The molecule has 4 nitrogen and oxygen atoms in total. The quantitative estimate of drug-likeness (QED) is 0.534. The molecule has 3 rings (SSSR count). The van der Waals surface area contributed by atoms with E-state index in [1.165, 1.54) is 0 Å². The van der Waals surface area contributed by atoms with Crippen LogP contribution in [0.1, 0.15) is 22.8 Å². The minimum atomic E-state index is -0.369. The van der Waals surface area contributed by atoms with Crippen LogP contribution in [0.15, 0.2) is 30.5 Å². The zero-order chi connectivity index (χ0) is 14.3. The van der Waals surface area contributed by atoms with Gasteiger partial charge in [0, 0.05) is 11.6 Å². The molecule has 0 spiro atoms. The van der Waals surface area contributed by atoms with Crippen LogP contribution < -0.4 is 0 Å². The lowest BCUT2D eigenvalue weighted by Crippen LogP contribution is -2.06. The maximum absolute atomic E-state index is 12.1. The smallest absolute Gasteiger partial charge is 0.342 e. The van der Waals surface area contributed by atoms with Crippen molar-refractivity contribution < 1.29 is 9.53 Å². The number of carbonyl (C=O) groups excluding carboxylic acids is 1. The summed E-state index contributed by atoms with van der Waals surface area (Å²) in [7, 11) is 0. The molecule has 0 aliphatic carbocycles. The molecule has 0 fully saturated rings. The molecule has 0 N–H and O–H groups in total. The van der Waals surface area contributed by atoms with E-state index in [2.05, 4.69) is 4.98 Å². The first-order chi connectivity index (χ1) is 9.63. The van der Waals surface area contributed by atoms with Crippen molar-refractivity contribution in [3.8, 4) is 0 Å². The first-order valence-corrected chi connectivity index (χ1v) is 6.74. The molecule has 0 radical (unpaired) electrons. The van der Waals surface area contributed by atoms with Crippen LogP contribution in [0, 0.1) is 6.92 Å². The van der Waals surface area contributed by atoms with E-state index in [0.29, 0.717) is 23.0 Å². The fourth-order valence-electron chi connectivity index (χ4n) is 2.38. The Hall–Kier alpha value is -2.07. The number of hydrogen-bond donors (Lipinski definition) is 0. The molecule has 102 valence electrons. The number of nitrogens with zero attached hydrogens (tertiary/aromatic N) is 2. The predicted molar refractivity (Wildman–Crippen MR) is 78.4 cm³/mol. The molecule has 0 unspecified atom stereocenters. The molecule has 2 aromatic heterocycles. The lowest BCUT2D eigenvalue weighted by molar-refractivity contribution is 0.0528. The number of benzene rings is 1. The van der Waals surface area contributed by atoms with E-state index in [0.717, 1.165) is 16.5 Å². The van der Waals surface area contributed by atoms with Crippen molar-refractivity contribution in [2.45, 2.75) is 13.8 Å². The third-order valence-electron chi connectivity index (χ3n) is 3.24. The van der Waals surface area contributed by atoms with Crippen LogP contribution in [0.2, 0.25) is 5.15 Å². The Morgan fingerprint density at radius 2 is 2.15 bits per heavy atom. The second kappa shape index (κ2) is 4.80. The second-order valence-corrected chi connectivity index (χ2v) is 4.88. The summed E-state index contributed by atoms with van der Waals surface area (Å²) in [6.45, 7) is 3.97. The van der Waals surface area contributed by atoms with E-state index in [4.69, 9.17) is 16.3 Å². The average molecular weight is 289 g/mol. The van der Waals surface area contributed by atoms with Crippen LogP contribution in [0.25, 0.3) is 16.6 Å². The Labute approximate surface area is 120 Å². The number of para-hydroxylation sites is 1. The Kier molecular flexibility index (Phi) is 3.10. The van der Waals surface area contributed by atoms with E-state index in [1.54, 1.807) is 6.92 Å². The summed E-state index contributed by atoms with van der Waals surface area (Å²) in [5.74, 6) is -0.369. The highest BCUT2D eigenvalue weighted by Crippen LogP contribution is 2.27. The molecule has 0 aliphatic rings. The van der Waals surface area contributed by atoms with Crippen LogP contribution in [0.4, 0.5) is 0 Å². The van der Waals surface area contributed by atoms with Crippen LogP contribution in [-0.4, -0.2) is 22.0 Å². The van der Waals surface area contributed by atoms with Crippen molar-refractivity contribution in [2.24, 2.45) is 0 Å². The summed E-state index contributed by atoms with van der Waals surface area (Å²) >= 11 is 6.22. The van der Waals surface area contributed by atoms with Crippen molar-refractivity contribution >= 4 is 34.1 Å². The van der Waals surface area contributed by atoms with Gasteiger partial charge in [-0.2, -0.15) is 0 Å². The van der Waals surface area contributed by atoms with Gasteiger partial charge in [0.2, 0.25) is 0 Å². The zero-order valence-electron chi connectivity index (χ0n) is 11.2. The van der Waals surface area contributed by atoms with Crippen molar-refractivity contribution in [3.05, 3.63) is 46.7 Å². The van der Waals surface area contributed by atoms with Crippen LogP contribution >= 0.6 is 11.6 Å². The molecule has 0 bridgehead atoms. The molecule has 5 heteroatoms. The first kappa shape index (κ1) is 12.9. The molecular weight excluding hydrogens is 276 g/mol. The average Bonchev–Trinajstić information content (AvgIpc) is 2.76. The standard InChI is InChI=1S/C15H13ClN2O2/c1-3-20-15(19)12-9(2)8-18-11-7-5-4-6-10(11)13(16)17-14(12)18/h4-8H,3H2,1-2H3. The van der Waals surface area contributed by atoms with Crippen molar-refractivity contribution in [1.82, 2.24) is 9.38 Å². The van der Waals surface area contributed by atoms with Gasteiger partial charge < -0.3 is 9.14 Å². The predicted octanol–water partition coefficient (Wildman–Crippen LogP) is 3.63. The van der Waals surface area contributed by atoms with Gasteiger partial charge in [0.25, 0.3) is 0 Å². The Balaban J connectivity index is 2.39. The Bertz CT molecular complexity index is 823. The minimum Gasteiger partial charge on any atom is -0.462 e. The molecule has 0 saturated heterocycles. The van der Waals surface area contributed by atoms with E-state index >= 15 is 0 Å². The number of aromatic nitrogens is 2. The van der Waals surface area contributed by atoms with E-state index in [1.807, 2.05) is 41.8 Å². The van der Waals surface area contributed by atoms with Gasteiger partial charge in [0.05, 0.1) is 12.1 Å². The molecular formula is C15H13ClN2O2. The number of ether oxygens (including phenoxy) is 1. The van der Waals surface area contributed by atoms with Crippen molar-refractivity contribution in [1.29, 1.82) is 0 Å². The largest absolute Gasteiger partial charge is 0.462 e. The van der Waals surface area contributed by atoms with E-state index in [9.17, 15) is 4.79 Å². The number of carbonyl (C=O) groups is 1. The van der Waals surface area contributed by atoms with Crippen molar-refractivity contribution in [3.63, 3.8) is 0 Å². The molecule has 0 atom stereocenters.